The van der Waals surface area contributed by atoms with Gasteiger partial charge in [0.25, 0.3) is 0 Å². The maximum absolute atomic E-state index is 5.72. The Bertz CT molecular complexity index is 125. The Kier molecular flexibility index (Phi) is 4.44. The van der Waals surface area contributed by atoms with Crippen LogP contribution in [0.3, 0.4) is 0 Å². The van der Waals surface area contributed by atoms with Crippen LogP contribution < -0.4 is 5.73 Å². The van der Waals surface area contributed by atoms with Crippen molar-refractivity contribution in [3.63, 3.8) is 0 Å². The third-order valence-electron chi connectivity index (χ3n) is 2.54. The van der Waals surface area contributed by atoms with Crippen LogP contribution in [0, 0.1) is 11.8 Å². The Labute approximate surface area is 80.5 Å². The number of nitrogens with two attached hydrogens (primary N) is 1. The SMILES string of the molecule is CC(C)CSC1CCCC1CN. The molecule has 0 radical (unpaired) electrons. The Morgan fingerprint density at radius 2 is 2.17 bits per heavy atom. The highest BCUT2D eigenvalue weighted by Crippen LogP contribution is 2.35. The van der Waals surface area contributed by atoms with Gasteiger partial charge in [-0.25, -0.2) is 0 Å². The zero-order chi connectivity index (χ0) is 8.97. The summed E-state index contributed by atoms with van der Waals surface area (Å²) >= 11 is 2.14. The second kappa shape index (κ2) is 5.13. The van der Waals surface area contributed by atoms with Crippen molar-refractivity contribution < 1.29 is 0 Å². The summed E-state index contributed by atoms with van der Waals surface area (Å²) in [5.74, 6) is 2.95. The van der Waals surface area contributed by atoms with E-state index in [-0.39, 0.29) is 0 Å². The lowest BCUT2D eigenvalue weighted by atomic mass is 10.1. The lowest BCUT2D eigenvalue weighted by molar-refractivity contribution is 0.572. The standard InChI is InChI=1S/C10H21NS/c1-8(2)7-12-10-5-3-4-9(10)6-11/h8-10H,3-7,11H2,1-2H3. The molecule has 0 aliphatic heterocycles. The van der Waals surface area contributed by atoms with Gasteiger partial charge in [0.05, 0.1) is 0 Å². The van der Waals surface area contributed by atoms with E-state index in [0.29, 0.717) is 0 Å². The molecule has 0 bridgehead atoms. The first kappa shape index (κ1) is 10.4. The van der Waals surface area contributed by atoms with Crippen LogP contribution in [0.5, 0.6) is 0 Å². The van der Waals surface area contributed by atoms with Crippen LogP contribution in [-0.2, 0) is 0 Å². The Hall–Kier alpha value is 0.310. The molecular weight excluding hydrogens is 166 g/mol. The molecule has 2 heteroatoms. The highest BCUT2D eigenvalue weighted by molar-refractivity contribution is 7.99. The van der Waals surface area contributed by atoms with E-state index in [9.17, 15) is 0 Å². The maximum atomic E-state index is 5.72. The Morgan fingerprint density at radius 3 is 2.75 bits per heavy atom. The molecule has 2 N–H and O–H groups in total. The highest BCUT2D eigenvalue weighted by Gasteiger charge is 2.26. The van der Waals surface area contributed by atoms with E-state index in [0.717, 1.165) is 23.6 Å². The molecule has 72 valence electrons. The lowest BCUT2D eigenvalue weighted by Crippen LogP contribution is -2.20. The first-order valence-corrected chi connectivity index (χ1v) is 6.10. The fraction of sp³-hybridized carbons (Fsp3) is 1.00. The second-order valence-corrected chi connectivity index (χ2v) is 5.46. The molecule has 1 aliphatic rings. The molecule has 0 aromatic rings. The molecule has 0 saturated heterocycles. The van der Waals surface area contributed by atoms with Crippen molar-refractivity contribution in [1.29, 1.82) is 0 Å². The number of rotatable bonds is 4. The minimum Gasteiger partial charge on any atom is -0.330 e. The van der Waals surface area contributed by atoms with Crippen molar-refractivity contribution >= 4 is 11.8 Å². The molecule has 1 nitrogen and oxygen atoms in total. The van der Waals surface area contributed by atoms with Crippen LogP contribution in [0.15, 0.2) is 0 Å². The zero-order valence-electron chi connectivity index (χ0n) is 8.25. The first-order valence-electron chi connectivity index (χ1n) is 5.05. The third kappa shape index (κ3) is 2.98. The van der Waals surface area contributed by atoms with Crippen molar-refractivity contribution in [3.05, 3.63) is 0 Å². The third-order valence-corrected chi connectivity index (χ3v) is 4.44. The molecule has 0 aromatic carbocycles. The highest BCUT2D eigenvalue weighted by atomic mass is 32.2. The predicted octanol–water partition coefficient (Wildman–Crippen LogP) is 2.50. The summed E-state index contributed by atoms with van der Waals surface area (Å²) in [7, 11) is 0. The molecule has 0 amide bonds. The predicted molar refractivity (Wildman–Crippen MR) is 57.5 cm³/mol. The van der Waals surface area contributed by atoms with Gasteiger partial charge in [-0.05, 0) is 37.0 Å². The monoisotopic (exact) mass is 187 g/mol. The summed E-state index contributed by atoms with van der Waals surface area (Å²) in [6, 6.07) is 0. The fourth-order valence-corrected chi connectivity index (χ4v) is 3.29. The minimum atomic E-state index is 0.814. The number of thioether (sulfide) groups is 1. The largest absolute Gasteiger partial charge is 0.330 e. The quantitative estimate of drug-likeness (QED) is 0.732. The van der Waals surface area contributed by atoms with Gasteiger partial charge in [-0.1, -0.05) is 20.3 Å². The number of hydrogen-bond donors (Lipinski definition) is 1. The second-order valence-electron chi connectivity index (χ2n) is 4.19. The summed E-state index contributed by atoms with van der Waals surface area (Å²) in [6.45, 7) is 5.48. The summed E-state index contributed by atoms with van der Waals surface area (Å²) in [4.78, 5) is 0. The lowest BCUT2D eigenvalue weighted by Gasteiger charge is -2.18. The molecule has 12 heavy (non-hydrogen) atoms. The molecule has 0 aromatic heterocycles. The van der Waals surface area contributed by atoms with Gasteiger partial charge in [0.15, 0.2) is 0 Å². The van der Waals surface area contributed by atoms with Crippen molar-refractivity contribution in [2.45, 2.75) is 38.4 Å². The summed E-state index contributed by atoms with van der Waals surface area (Å²) in [6.07, 6.45) is 4.17. The molecule has 1 fully saturated rings. The molecule has 2 atom stereocenters. The fourth-order valence-electron chi connectivity index (χ4n) is 1.81. The van der Waals surface area contributed by atoms with Gasteiger partial charge in [0.2, 0.25) is 0 Å². The van der Waals surface area contributed by atoms with Crippen LogP contribution in [0.2, 0.25) is 0 Å². The topological polar surface area (TPSA) is 26.0 Å². The van der Waals surface area contributed by atoms with E-state index < -0.39 is 0 Å². The van der Waals surface area contributed by atoms with Gasteiger partial charge in [0.1, 0.15) is 0 Å². The van der Waals surface area contributed by atoms with Gasteiger partial charge in [0, 0.05) is 5.25 Å². The van der Waals surface area contributed by atoms with Crippen LogP contribution in [0.4, 0.5) is 0 Å². The van der Waals surface area contributed by atoms with Crippen molar-refractivity contribution in [2.75, 3.05) is 12.3 Å². The summed E-state index contributed by atoms with van der Waals surface area (Å²) < 4.78 is 0. The molecular formula is C10H21NS. The Morgan fingerprint density at radius 1 is 1.42 bits per heavy atom. The average molecular weight is 187 g/mol. The molecule has 0 spiro atoms. The normalized spacial score (nSPS) is 30.0. The molecule has 1 rings (SSSR count). The van der Waals surface area contributed by atoms with Crippen LogP contribution in [0.1, 0.15) is 33.1 Å². The molecule has 0 heterocycles. The van der Waals surface area contributed by atoms with Crippen molar-refractivity contribution in [1.82, 2.24) is 0 Å². The first-order chi connectivity index (χ1) is 5.74. The van der Waals surface area contributed by atoms with Crippen molar-refractivity contribution in [3.8, 4) is 0 Å². The van der Waals surface area contributed by atoms with E-state index in [1.807, 2.05) is 0 Å². The van der Waals surface area contributed by atoms with Crippen LogP contribution >= 0.6 is 11.8 Å². The molecule has 2 unspecified atom stereocenters. The molecule has 1 saturated carbocycles. The van der Waals surface area contributed by atoms with Gasteiger partial charge in [-0.15, -0.1) is 0 Å². The minimum absolute atomic E-state index is 0.814. The van der Waals surface area contributed by atoms with Gasteiger partial charge in [-0.2, -0.15) is 11.8 Å². The Balaban J connectivity index is 2.21. The van der Waals surface area contributed by atoms with Crippen molar-refractivity contribution in [2.24, 2.45) is 17.6 Å². The maximum Gasteiger partial charge on any atom is 0.00874 e. The van der Waals surface area contributed by atoms with E-state index in [1.54, 1.807) is 0 Å². The summed E-state index contributed by atoms with van der Waals surface area (Å²) in [5, 5.41) is 0.873. The van der Waals surface area contributed by atoms with Gasteiger partial charge in [-0.3, -0.25) is 0 Å². The van der Waals surface area contributed by atoms with E-state index in [1.165, 1.54) is 25.0 Å². The van der Waals surface area contributed by atoms with Gasteiger partial charge >= 0.3 is 0 Å². The van der Waals surface area contributed by atoms with Crippen LogP contribution in [0.25, 0.3) is 0 Å². The van der Waals surface area contributed by atoms with Crippen LogP contribution in [-0.4, -0.2) is 17.5 Å². The zero-order valence-corrected chi connectivity index (χ0v) is 9.07. The number of hydrogen-bond acceptors (Lipinski definition) is 2. The summed E-state index contributed by atoms with van der Waals surface area (Å²) in [5.41, 5.74) is 5.72. The molecule has 1 aliphatic carbocycles. The van der Waals surface area contributed by atoms with E-state index in [4.69, 9.17) is 5.73 Å². The van der Waals surface area contributed by atoms with E-state index in [2.05, 4.69) is 25.6 Å². The average Bonchev–Trinajstić information content (AvgIpc) is 2.47. The smallest absolute Gasteiger partial charge is 0.00874 e. The van der Waals surface area contributed by atoms with E-state index >= 15 is 0 Å². The van der Waals surface area contributed by atoms with Gasteiger partial charge < -0.3 is 5.73 Å².